The number of aromatic nitrogens is 2. The topological polar surface area (TPSA) is 29.9 Å². The van der Waals surface area contributed by atoms with Gasteiger partial charge in [-0.3, -0.25) is 0 Å². The lowest BCUT2D eigenvalue weighted by molar-refractivity contribution is 0.608. The molecule has 0 atom stereocenters. The number of imidazole rings is 1. The van der Waals surface area contributed by atoms with Gasteiger partial charge >= 0.3 is 0 Å². The quantitative estimate of drug-likeness (QED) is 0.876. The van der Waals surface area contributed by atoms with E-state index < -0.39 is 0 Å². The Labute approximate surface area is 102 Å². The average Bonchev–Trinajstić information content (AvgIpc) is 2.68. The predicted molar refractivity (Wildman–Crippen MR) is 72.9 cm³/mol. The molecule has 3 heteroatoms. The van der Waals surface area contributed by atoms with Crippen LogP contribution < -0.4 is 5.32 Å². The van der Waals surface area contributed by atoms with Gasteiger partial charge in [-0.05, 0) is 32.4 Å². The second-order valence-electron chi connectivity index (χ2n) is 4.57. The van der Waals surface area contributed by atoms with Crippen LogP contribution in [0.4, 0.5) is 0 Å². The molecule has 0 aliphatic rings. The van der Waals surface area contributed by atoms with Crippen molar-refractivity contribution in [3.05, 3.63) is 36.2 Å². The number of nitrogens with zero attached hydrogens (tertiary/aromatic N) is 2. The summed E-state index contributed by atoms with van der Waals surface area (Å²) in [6.07, 6.45) is 0. The molecule has 1 aromatic carbocycles. The first kappa shape index (κ1) is 11.7. The summed E-state index contributed by atoms with van der Waals surface area (Å²) in [4.78, 5) is 4.71. The van der Waals surface area contributed by atoms with Crippen molar-refractivity contribution in [2.45, 2.75) is 26.8 Å². The maximum atomic E-state index is 4.71. The van der Waals surface area contributed by atoms with Gasteiger partial charge in [-0.1, -0.05) is 18.7 Å². The highest BCUT2D eigenvalue weighted by atomic mass is 15.1. The van der Waals surface area contributed by atoms with Crippen LogP contribution in [0.5, 0.6) is 0 Å². The number of benzene rings is 1. The molecule has 1 heterocycles. The Balaban J connectivity index is 2.79. The molecule has 2 rings (SSSR count). The fourth-order valence-electron chi connectivity index (χ4n) is 2.10. The van der Waals surface area contributed by atoms with Crippen LogP contribution in [-0.2, 0) is 0 Å². The summed E-state index contributed by atoms with van der Waals surface area (Å²) in [5.41, 5.74) is 4.29. The molecule has 3 nitrogen and oxygen atoms in total. The molecule has 1 aromatic heterocycles. The van der Waals surface area contributed by atoms with Gasteiger partial charge in [0, 0.05) is 13.1 Å². The fourth-order valence-corrected chi connectivity index (χ4v) is 2.10. The highest BCUT2D eigenvalue weighted by molar-refractivity contribution is 5.82. The molecule has 0 saturated heterocycles. The van der Waals surface area contributed by atoms with Gasteiger partial charge in [0.15, 0.2) is 5.82 Å². The van der Waals surface area contributed by atoms with E-state index in [2.05, 4.69) is 55.4 Å². The van der Waals surface area contributed by atoms with Crippen LogP contribution in [0.2, 0.25) is 0 Å². The SMILES string of the molecule is C=C(NC)c1nc2c(C)cccc2n1C(C)C. The second kappa shape index (κ2) is 4.24. The summed E-state index contributed by atoms with van der Waals surface area (Å²) in [5.74, 6) is 0.923. The molecular formula is C14H19N3. The summed E-state index contributed by atoms with van der Waals surface area (Å²) < 4.78 is 2.22. The number of nitrogens with one attached hydrogen (secondary N) is 1. The maximum Gasteiger partial charge on any atom is 0.156 e. The van der Waals surface area contributed by atoms with Crippen LogP contribution in [-0.4, -0.2) is 16.6 Å². The lowest BCUT2D eigenvalue weighted by Crippen LogP contribution is -2.12. The molecule has 0 amide bonds. The molecule has 0 aliphatic heterocycles. The first-order valence-electron chi connectivity index (χ1n) is 5.90. The number of hydrogen-bond donors (Lipinski definition) is 1. The van der Waals surface area contributed by atoms with Crippen molar-refractivity contribution in [2.24, 2.45) is 0 Å². The zero-order chi connectivity index (χ0) is 12.6. The van der Waals surface area contributed by atoms with Gasteiger partial charge in [-0.2, -0.15) is 0 Å². The molecule has 0 saturated carbocycles. The van der Waals surface area contributed by atoms with Crippen molar-refractivity contribution >= 4 is 16.7 Å². The van der Waals surface area contributed by atoms with E-state index in [-0.39, 0.29) is 0 Å². The van der Waals surface area contributed by atoms with Gasteiger partial charge in [0.05, 0.1) is 16.7 Å². The number of aryl methyl sites for hydroxylation is 1. The molecule has 90 valence electrons. The Kier molecular flexibility index (Phi) is 2.92. The average molecular weight is 229 g/mol. The Morgan fingerprint density at radius 3 is 2.71 bits per heavy atom. The molecule has 2 aromatic rings. The normalized spacial score (nSPS) is 11.1. The summed E-state index contributed by atoms with van der Waals surface area (Å²) in [6.45, 7) is 10.4. The predicted octanol–water partition coefficient (Wildman–Crippen LogP) is 3.12. The van der Waals surface area contributed by atoms with Crippen LogP contribution in [0.25, 0.3) is 16.7 Å². The zero-order valence-electron chi connectivity index (χ0n) is 10.9. The molecule has 0 fully saturated rings. The van der Waals surface area contributed by atoms with E-state index in [4.69, 9.17) is 4.98 Å². The molecule has 0 bridgehead atoms. The second-order valence-corrected chi connectivity index (χ2v) is 4.57. The summed E-state index contributed by atoms with van der Waals surface area (Å²) in [5, 5.41) is 3.08. The van der Waals surface area contributed by atoms with E-state index in [1.54, 1.807) is 0 Å². The number of hydrogen-bond acceptors (Lipinski definition) is 2. The smallest absolute Gasteiger partial charge is 0.156 e. The minimum absolute atomic E-state index is 0.363. The van der Waals surface area contributed by atoms with Crippen LogP contribution in [0.1, 0.15) is 31.3 Å². The maximum absolute atomic E-state index is 4.71. The number of para-hydroxylation sites is 1. The van der Waals surface area contributed by atoms with Gasteiger partial charge in [0.2, 0.25) is 0 Å². The van der Waals surface area contributed by atoms with Crippen molar-refractivity contribution in [3.8, 4) is 0 Å². The number of rotatable bonds is 3. The molecule has 0 aliphatic carbocycles. The van der Waals surface area contributed by atoms with Crippen molar-refractivity contribution in [1.29, 1.82) is 0 Å². The van der Waals surface area contributed by atoms with Crippen molar-refractivity contribution < 1.29 is 0 Å². The summed E-state index contributed by atoms with van der Waals surface area (Å²) in [7, 11) is 1.87. The van der Waals surface area contributed by atoms with E-state index in [0.717, 1.165) is 17.0 Å². The monoisotopic (exact) mass is 229 g/mol. The highest BCUT2D eigenvalue weighted by Gasteiger charge is 2.15. The van der Waals surface area contributed by atoms with E-state index in [0.29, 0.717) is 6.04 Å². The largest absolute Gasteiger partial charge is 0.386 e. The molecule has 0 radical (unpaired) electrons. The number of fused-ring (bicyclic) bond motifs is 1. The Morgan fingerprint density at radius 2 is 2.12 bits per heavy atom. The van der Waals surface area contributed by atoms with Crippen LogP contribution in [0.3, 0.4) is 0 Å². The third-order valence-corrected chi connectivity index (χ3v) is 3.01. The minimum atomic E-state index is 0.363. The van der Waals surface area contributed by atoms with Crippen molar-refractivity contribution in [3.63, 3.8) is 0 Å². The zero-order valence-corrected chi connectivity index (χ0v) is 10.9. The van der Waals surface area contributed by atoms with Gasteiger partial charge in [-0.15, -0.1) is 0 Å². The lowest BCUT2D eigenvalue weighted by Gasteiger charge is -2.14. The fraction of sp³-hybridized carbons (Fsp3) is 0.357. The summed E-state index contributed by atoms with van der Waals surface area (Å²) in [6, 6.07) is 6.64. The first-order chi connectivity index (χ1) is 8.06. The first-order valence-corrected chi connectivity index (χ1v) is 5.90. The van der Waals surface area contributed by atoms with Gasteiger partial charge in [-0.25, -0.2) is 4.98 Å². The molecule has 17 heavy (non-hydrogen) atoms. The van der Waals surface area contributed by atoms with E-state index >= 15 is 0 Å². The minimum Gasteiger partial charge on any atom is -0.386 e. The Morgan fingerprint density at radius 1 is 1.41 bits per heavy atom. The summed E-state index contributed by atoms with van der Waals surface area (Å²) >= 11 is 0. The van der Waals surface area contributed by atoms with Gasteiger partial charge < -0.3 is 9.88 Å². The Hall–Kier alpha value is -1.77. The van der Waals surface area contributed by atoms with Crippen LogP contribution in [0, 0.1) is 6.92 Å². The van der Waals surface area contributed by atoms with Crippen molar-refractivity contribution in [2.75, 3.05) is 7.05 Å². The van der Waals surface area contributed by atoms with Crippen molar-refractivity contribution in [1.82, 2.24) is 14.9 Å². The Bertz CT molecular complexity index is 564. The molecule has 0 spiro atoms. The lowest BCUT2D eigenvalue weighted by atomic mass is 10.2. The highest BCUT2D eigenvalue weighted by Crippen LogP contribution is 2.25. The van der Waals surface area contributed by atoms with E-state index in [1.807, 2.05) is 7.05 Å². The van der Waals surface area contributed by atoms with E-state index in [1.165, 1.54) is 11.1 Å². The third kappa shape index (κ3) is 1.82. The van der Waals surface area contributed by atoms with Crippen LogP contribution >= 0.6 is 0 Å². The molecule has 0 unspecified atom stereocenters. The van der Waals surface area contributed by atoms with Crippen LogP contribution in [0.15, 0.2) is 24.8 Å². The third-order valence-electron chi connectivity index (χ3n) is 3.01. The van der Waals surface area contributed by atoms with E-state index in [9.17, 15) is 0 Å². The van der Waals surface area contributed by atoms with Gasteiger partial charge in [0.1, 0.15) is 0 Å². The molecular weight excluding hydrogens is 210 g/mol. The standard InChI is InChI=1S/C14H19N3/c1-9(2)17-12-8-6-7-10(3)13(12)16-14(17)11(4)15-5/h6-9,15H,4H2,1-3,5H3. The molecule has 1 N–H and O–H groups in total. The van der Waals surface area contributed by atoms with Gasteiger partial charge in [0.25, 0.3) is 0 Å².